The van der Waals surface area contributed by atoms with Crippen molar-refractivity contribution in [3.63, 3.8) is 0 Å². The van der Waals surface area contributed by atoms with Gasteiger partial charge in [0.15, 0.2) is 0 Å². The van der Waals surface area contributed by atoms with E-state index in [-0.39, 0.29) is 5.82 Å². The van der Waals surface area contributed by atoms with Crippen molar-refractivity contribution in [2.24, 2.45) is 0 Å². The van der Waals surface area contributed by atoms with Gasteiger partial charge in [-0.25, -0.2) is 4.39 Å². The minimum absolute atomic E-state index is 0.168. The van der Waals surface area contributed by atoms with E-state index in [2.05, 4.69) is 29.8 Å². The summed E-state index contributed by atoms with van der Waals surface area (Å²) in [4.78, 5) is 0. The van der Waals surface area contributed by atoms with E-state index in [0.717, 1.165) is 23.9 Å². The maximum Gasteiger partial charge on any atom is 0.123 e. The number of hydrogen-bond donors (Lipinski definition) is 1. The molecule has 2 aromatic rings. The normalized spacial score (nSPS) is 11.6. The standard InChI is InChI=1S/C14H19FN2/c1-10(2)17-13(6-7-16-3)9-11-8-12(15)4-5-14(11)17/h4-5,8-10,16H,6-7H2,1-3H3. The molecule has 0 aliphatic heterocycles. The number of aromatic nitrogens is 1. The van der Waals surface area contributed by atoms with Crippen LogP contribution in [0.25, 0.3) is 10.9 Å². The predicted octanol–water partition coefficient (Wildman–Crippen LogP) is 3.12. The zero-order valence-electron chi connectivity index (χ0n) is 10.6. The number of likely N-dealkylation sites (N-methyl/N-ethyl adjacent to an activating group) is 1. The third-order valence-corrected chi connectivity index (χ3v) is 3.03. The molecule has 0 fully saturated rings. The molecule has 1 heterocycles. The van der Waals surface area contributed by atoms with Gasteiger partial charge in [-0.3, -0.25) is 0 Å². The topological polar surface area (TPSA) is 17.0 Å². The molecule has 17 heavy (non-hydrogen) atoms. The molecule has 0 unspecified atom stereocenters. The van der Waals surface area contributed by atoms with Gasteiger partial charge in [0.05, 0.1) is 0 Å². The van der Waals surface area contributed by atoms with Gasteiger partial charge in [-0.2, -0.15) is 0 Å². The molecular weight excluding hydrogens is 215 g/mol. The fourth-order valence-electron chi connectivity index (χ4n) is 2.32. The minimum Gasteiger partial charge on any atom is -0.342 e. The van der Waals surface area contributed by atoms with Crippen molar-refractivity contribution in [3.8, 4) is 0 Å². The summed E-state index contributed by atoms with van der Waals surface area (Å²) in [5, 5.41) is 4.14. The average molecular weight is 234 g/mol. The molecule has 0 amide bonds. The number of benzene rings is 1. The Morgan fingerprint density at radius 3 is 2.71 bits per heavy atom. The van der Waals surface area contributed by atoms with Crippen LogP contribution >= 0.6 is 0 Å². The summed E-state index contributed by atoms with van der Waals surface area (Å²) in [5.74, 6) is -0.168. The Balaban J connectivity index is 2.53. The molecular formula is C14H19FN2. The second-order valence-electron chi connectivity index (χ2n) is 4.66. The molecule has 1 aromatic carbocycles. The second kappa shape index (κ2) is 4.88. The molecule has 0 atom stereocenters. The van der Waals surface area contributed by atoms with Crippen LogP contribution < -0.4 is 5.32 Å². The minimum atomic E-state index is -0.168. The first-order chi connectivity index (χ1) is 8.13. The van der Waals surface area contributed by atoms with Crippen molar-refractivity contribution < 1.29 is 4.39 Å². The van der Waals surface area contributed by atoms with Gasteiger partial charge in [0.25, 0.3) is 0 Å². The zero-order chi connectivity index (χ0) is 12.4. The second-order valence-corrected chi connectivity index (χ2v) is 4.66. The molecule has 1 N–H and O–H groups in total. The van der Waals surface area contributed by atoms with Gasteiger partial charge in [0.2, 0.25) is 0 Å². The van der Waals surface area contributed by atoms with Gasteiger partial charge in [-0.15, -0.1) is 0 Å². The summed E-state index contributed by atoms with van der Waals surface area (Å²) in [7, 11) is 1.95. The predicted molar refractivity (Wildman–Crippen MR) is 69.9 cm³/mol. The number of fused-ring (bicyclic) bond motifs is 1. The van der Waals surface area contributed by atoms with Crippen molar-refractivity contribution in [2.75, 3.05) is 13.6 Å². The zero-order valence-corrected chi connectivity index (χ0v) is 10.6. The third-order valence-electron chi connectivity index (χ3n) is 3.03. The molecule has 0 aliphatic carbocycles. The lowest BCUT2D eigenvalue weighted by molar-refractivity contribution is 0.587. The van der Waals surface area contributed by atoms with Crippen molar-refractivity contribution in [2.45, 2.75) is 26.3 Å². The first-order valence-electron chi connectivity index (χ1n) is 6.07. The van der Waals surface area contributed by atoms with Gasteiger partial charge in [-0.05, 0) is 45.2 Å². The molecule has 92 valence electrons. The summed E-state index contributed by atoms with van der Waals surface area (Å²) >= 11 is 0. The Morgan fingerprint density at radius 2 is 2.06 bits per heavy atom. The fourth-order valence-corrected chi connectivity index (χ4v) is 2.32. The molecule has 3 heteroatoms. The molecule has 2 rings (SSSR count). The number of rotatable bonds is 4. The van der Waals surface area contributed by atoms with Crippen molar-refractivity contribution >= 4 is 10.9 Å². The van der Waals surface area contributed by atoms with E-state index >= 15 is 0 Å². The third kappa shape index (κ3) is 2.34. The molecule has 0 radical (unpaired) electrons. The lowest BCUT2D eigenvalue weighted by Crippen LogP contribution is -2.14. The van der Waals surface area contributed by atoms with Crippen molar-refractivity contribution in [3.05, 3.63) is 35.8 Å². The molecule has 0 aliphatic rings. The van der Waals surface area contributed by atoms with Crippen molar-refractivity contribution in [1.82, 2.24) is 9.88 Å². The molecule has 0 saturated heterocycles. The summed E-state index contributed by atoms with van der Waals surface area (Å²) in [6, 6.07) is 7.49. The lowest BCUT2D eigenvalue weighted by atomic mass is 10.2. The maximum absolute atomic E-state index is 13.2. The van der Waals surface area contributed by atoms with E-state index in [1.165, 1.54) is 11.8 Å². The van der Waals surface area contributed by atoms with Crippen LogP contribution in [0.4, 0.5) is 4.39 Å². The van der Waals surface area contributed by atoms with Crippen LogP contribution in [0.3, 0.4) is 0 Å². The van der Waals surface area contributed by atoms with E-state index < -0.39 is 0 Å². The van der Waals surface area contributed by atoms with Gasteiger partial charge < -0.3 is 9.88 Å². The van der Waals surface area contributed by atoms with Crippen LogP contribution in [0, 0.1) is 5.82 Å². The Morgan fingerprint density at radius 1 is 1.29 bits per heavy atom. The smallest absolute Gasteiger partial charge is 0.123 e. The number of hydrogen-bond acceptors (Lipinski definition) is 1. The summed E-state index contributed by atoms with van der Waals surface area (Å²) < 4.78 is 15.5. The lowest BCUT2D eigenvalue weighted by Gasteiger charge is -2.14. The SMILES string of the molecule is CNCCc1cc2cc(F)ccc2n1C(C)C. The van der Waals surface area contributed by atoms with E-state index in [4.69, 9.17) is 0 Å². The molecule has 1 aromatic heterocycles. The molecule has 0 bridgehead atoms. The molecule has 0 saturated carbocycles. The first-order valence-corrected chi connectivity index (χ1v) is 6.07. The molecule has 0 spiro atoms. The Labute approximate surface area is 101 Å². The van der Waals surface area contributed by atoms with Crippen LogP contribution in [0.1, 0.15) is 25.6 Å². The van der Waals surface area contributed by atoms with E-state index in [1.54, 1.807) is 6.07 Å². The number of halogens is 1. The Hall–Kier alpha value is -1.35. The van der Waals surface area contributed by atoms with Crippen LogP contribution in [0.5, 0.6) is 0 Å². The Bertz CT molecular complexity index is 514. The Kier molecular flexibility index (Phi) is 3.48. The fraction of sp³-hybridized carbons (Fsp3) is 0.429. The summed E-state index contributed by atoms with van der Waals surface area (Å²) in [6.07, 6.45) is 0.963. The highest BCUT2D eigenvalue weighted by atomic mass is 19.1. The van der Waals surface area contributed by atoms with Crippen LogP contribution in [-0.4, -0.2) is 18.2 Å². The van der Waals surface area contributed by atoms with Crippen LogP contribution in [0.2, 0.25) is 0 Å². The largest absolute Gasteiger partial charge is 0.342 e. The highest BCUT2D eigenvalue weighted by Gasteiger charge is 2.11. The van der Waals surface area contributed by atoms with E-state index in [1.807, 2.05) is 13.1 Å². The van der Waals surface area contributed by atoms with E-state index in [9.17, 15) is 4.39 Å². The highest BCUT2D eigenvalue weighted by Crippen LogP contribution is 2.25. The van der Waals surface area contributed by atoms with Gasteiger partial charge >= 0.3 is 0 Å². The van der Waals surface area contributed by atoms with Crippen molar-refractivity contribution in [1.29, 1.82) is 0 Å². The number of nitrogens with one attached hydrogen (secondary N) is 1. The highest BCUT2D eigenvalue weighted by molar-refractivity contribution is 5.81. The van der Waals surface area contributed by atoms with Gasteiger partial charge in [0.1, 0.15) is 5.82 Å². The van der Waals surface area contributed by atoms with Crippen LogP contribution in [-0.2, 0) is 6.42 Å². The van der Waals surface area contributed by atoms with Gasteiger partial charge in [-0.1, -0.05) is 0 Å². The quantitative estimate of drug-likeness (QED) is 0.860. The number of nitrogens with zero attached hydrogens (tertiary/aromatic N) is 1. The van der Waals surface area contributed by atoms with Crippen LogP contribution in [0.15, 0.2) is 24.3 Å². The van der Waals surface area contributed by atoms with Gasteiger partial charge in [0, 0.05) is 35.6 Å². The monoisotopic (exact) mass is 234 g/mol. The first kappa shape index (κ1) is 12.1. The average Bonchev–Trinajstić information content (AvgIpc) is 2.63. The maximum atomic E-state index is 13.2. The van der Waals surface area contributed by atoms with E-state index in [0.29, 0.717) is 6.04 Å². The summed E-state index contributed by atoms with van der Waals surface area (Å²) in [5.41, 5.74) is 2.38. The summed E-state index contributed by atoms with van der Waals surface area (Å²) in [6.45, 7) is 5.25. The molecule has 2 nitrogen and oxygen atoms in total.